The number of aryl methyl sites for hydroxylation is 1. The summed E-state index contributed by atoms with van der Waals surface area (Å²) in [6, 6.07) is 9.73. The molecule has 126 valence electrons. The second kappa shape index (κ2) is 7.90. The van der Waals surface area contributed by atoms with Crippen LogP contribution in [0.25, 0.3) is 6.08 Å². The predicted octanol–water partition coefficient (Wildman–Crippen LogP) is 3.79. The van der Waals surface area contributed by atoms with E-state index in [-0.39, 0.29) is 11.9 Å². The highest BCUT2D eigenvalue weighted by Crippen LogP contribution is 2.30. The van der Waals surface area contributed by atoms with Crippen molar-refractivity contribution in [2.45, 2.75) is 45.1 Å². The second-order valence-electron chi connectivity index (χ2n) is 6.09. The van der Waals surface area contributed by atoms with Crippen LogP contribution < -0.4 is 0 Å². The number of benzene rings is 1. The van der Waals surface area contributed by atoms with Crippen molar-refractivity contribution in [3.63, 3.8) is 0 Å². The molecule has 0 aliphatic carbocycles. The Morgan fingerprint density at radius 2 is 2.17 bits per heavy atom. The van der Waals surface area contributed by atoms with E-state index in [1.54, 1.807) is 6.08 Å². The molecule has 0 spiro atoms. The van der Waals surface area contributed by atoms with Gasteiger partial charge in [-0.25, -0.2) is 0 Å². The van der Waals surface area contributed by atoms with E-state index in [1.807, 2.05) is 41.3 Å². The lowest BCUT2D eigenvalue weighted by molar-refractivity contribution is -0.130. The number of amides is 1. The molecule has 5 heteroatoms. The monoisotopic (exact) mass is 325 g/mol. The van der Waals surface area contributed by atoms with Crippen LogP contribution >= 0.6 is 0 Å². The van der Waals surface area contributed by atoms with Crippen molar-refractivity contribution in [2.24, 2.45) is 0 Å². The smallest absolute Gasteiger partial charge is 0.249 e. The highest BCUT2D eigenvalue weighted by Gasteiger charge is 2.31. The van der Waals surface area contributed by atoms with Crippen molar-refractivity contribution in [1.29, 1.82) is 0 Å². The van der Waals surface area contributed by atoms with Crippen LogP contribution in [0.2, 0.25) is 0 Å². The first-order valence-electron chi connectivity index (χ1n) is 8.64. The average molecular weight is 325 g/mol. The molecule has 1 aromatic carbocycles. The van der Waals surface area contributed by atoms with Crippen LogP contribution in [0.5, 0.6) is 0 Å². The van der Waals surface area contributed by atoms with Gasteiger partial charge in [-0.15, -0.1) is 0 Å². The number of nitrogens with zero attached hydrogens (tertiary/aromatic N) is 3. The molecule has 1 aromatic heterocycles. The first kappa shape index (κ1) is 16.4. The van der Waals surface area contributed by atoms with Crippen molar-refractivity contribution >= 4 is 12.0 Å². The summed E-state index contributed by atoms with van der Waals surface area (Å²) in [5, 5.41) is 4.03. The zero-order valence-electron chi connectivity index (χ0n) is 14.0. The summed E-state index contributed by atoms with van der Waals surface area (Å²) >= 11 is 0. The molecule has 0 bridgehead atoms. The van der Waals surface area contributed by atoms with Gasteiger partial charge in [-0.2, -0.15) is 4.98 Å². The first-order valence-corrected chi connectivity index (χ1v) is 8.64. The molecule has 0 radical (unpaired) electrons. The molecular weight excluding hydrogens is 302 g/mol. The van der Waals surface area contributed by atoms with Crippen LogP contribution in [-0.4, -0.2) is 27.5 Å². The van der Waals surface area contributed by atoms with Gasteiger partial charge in [0, 0.05) is 19.0 Å². The van der Waals surface area contributed by atoms with Crippen molar-refractivity contribution in [1.82, 2.24) is 15.0 Å². The minimum Gasteiger partial charge on any atom is -0.337 e. The largest absolute Gasteiger partial charge is 0.337 e. The summed E-state index contributed by atoms with van der Waals surface area (Å²) in [5.74, 6) is 1.30. The Bertz CT molecular complexity index is 694. The van der Waals surface area contributed by atoms with Gasteiger partial charge in [-0.1, -0.05) is 42.4 Å². The van der Waals surface area contributed by atoms with Gasteiger partial charge in [0.1, 0.15) is 6.04 Å². The number of likely N-dealkylation sites (tertiary alicyclic amines) is 1. The lowest BCUT2D eigenvalue weighted by Crippen LogP contribution is -2.37. The number of carbonyl (C=O) groups is 1. The number of aromatic nitrogens is 2. The van der Waals surface area contributed by atoms with Crippen LogP contribution in [0.3, 0.4) is 0 Å². The van der Waals surface area contributed by atoms with E-state index in [0.717, 1.165) is 50.0 Å². The Kier molecular flexibility index (Phi) is 5.41. The Labute approximate surface area is 142 Å². The molecule has 2 heterocycles. The molecule has 3 rings (SSSR count). The van der Waals surface area contributed by atoms with Gasteiger partial charge in [0.05, 0.1) is 0 Å². The van der Waals surface area contributed by atoms with E-state index < -0.39 is 0 Å². The average Bonchev–Trinajstić information content (AvgIpc) is 3.09. The van der Waals surface area contributed by atoms with E-state index in [9.17, 15) is 4.79 Å². The van der Waals surface area contributed by atoms with Gasteiger partial charge in [-0.05, 0) is 37.3 Å². The Hall–Kier alpha value is -2.43. The summed E-state index contributed by atoms with van der Waals surface area (Å²) in [6.07, 6.45) is 8.23. The maximum Gasteiger partial charge on any atom is 0.249 e. The molecule has 0 saturated carbocycles. The highest BCUT2D eigenvalue weighted by atomic mass is 16.5. The quantitative estimate of drug-likeness (QED) is 0.785. The molecule has 0 N–H and O–H groups in total. The third-order valence-electron chi connectivity index (χ3n) is 4.25. The number of piperidine rings is 1. The third-order valence-corrected chi connectivity index (χ3v) is 4.25. The number of rotatable bonds is 5. The highest BCUT2D eigenvalue weighted by molar-refractivity contribution is 5.92. The van der Waals surface area contributed by atoms with E-state index in [1.165, 1.54) is 0 Å². The van der Waals surface area contributed by atoms with Gasteiger partial charge in [-0.3, -0.25) is 4.79 Å². The molecule has 1 fully saturated rings. The predicted molar refractivity (Wildman–Crippen MR) is 92.1 cm³/mol. The molecule has 1 aliphatic rings. The molecular formula is C19H23N3O2. The fraction of sp³-hybridized carbons (Fsp3) is 0.421. The summed E-state index contributed by atoms with van der Waals surface area (Å²) < 4.78 is 5.42. The van der Waals surface area contributed by atoms with E-state index in [4.69, 9.17) is 4.52 Å². The van der Waals surface area contributed by atoms with E-state index >= 15 is 0 Å². The number of hydrogen-bond acceptors (Lipinski definition) is 4. The molecule has 2 aromatic rings. The fourth-order valence-corrected chi connectivity index (χ4v) is 3.01. The molecule has 1 atom stereocenters. The maximum atomic E-state index is 12.6. The van der Waals surface area contributed by atoms with Crippen LogP contribution in [0.4, 0.5) is 0 Å². The molecule has 1 unspecified atom stereocenters. The molecule has 1 aliphatic heterocycles. The van der Waals surface area contributed by atoms with Gasteiger partial charge in [0.25, 0.3) is 0 Å². The zero-order chi connectivity index (χ0) is 16.8. The minimum absolute atomic E-state index is 0.00112. The Morgan fingerprint density at radius 3 is 2.96 bits per heavy atom. The van der Waals surface area contributed by atoms with Crippen molar-refractivity contribution in [3.8, 4) is 0 Å². The normalized spacial score (nSPS) is 18.2. The standard InChI is InChI=1S/C19H23N3O2/c1-2-8-17-20-19(24-21-17)16-11-6-7-14-22(16)18(23)13-12-15-9-4-3-5-10-15/h3-5,9-10,12-13,16H,2,6-8,11,14H2,1H3/b13-12+. The van der Waals surface area contributed by atoms with Crippen LogP contribution in [0.1, 0.15) is 55.9 Å². The van der Waals surface area contributed by atoms with Gasteiger partial charge in [0.2, 0.25) is 11.8 Å². The molecule has 1 saturated heterocycles. The Balaban J connectivity index is 1.73. The van der Waals surface area contributed by atoms with Crippen molar-refractivity contribution < 1.29 is 9.32 Å². The topological polar surface area (TPSA) is 59.2 Å². The summed E-state index contributed by atoms with van der Waals surface area (Å²) in [5.41, 5.74) is 1.02. The Morgan fingerprint density at radius 1 is 1.33 bits per heavy atom. The third kappa shape index (κ3) is 3.91. The fourth-order valence-electron chi connectivity index (χ4n) is 3.01. The summed E-state index contributed by atoms with van der Waals surface area (Å²) in [7, 11) is 0. The first-order chi connectivity index (χ1) is 11.8. The van der Waals surface area contributed by atoms with Crippen molar-refractivity contribution in [2.75, 3.05) is 6.54 Å². The lowest BCUT2D eigenvalue weighted by atomic mass is 10.0. The summed E-state index contributed by atoms with van der Waals surface area (Å²) in [6.45, 7) is 2.81. The maximum absolute atomic E-state index is 12.6. The summed E-state index contributed by atoms with van der Waals surface area (Å²) in [4.78, 5) is 19.0. The van der Waals surface area contributed by atoms with E-state index in [2.05, 4.69) is 17.1 Å². The van der Waals surface area contributed by atoms with Crippen LogP contribution in [0.15, 0.2) is 40.9 Å². The van der Waals surface area contributed by atoms with Gasteiger partial charge in [0.15, 0.2) is 5.82 Å². The van der Waals surface area contributed by atoms with Crippen molar-refractivity contribution in [3.05, 3.63) is 53.7 Å². The van der Waals surface area contributed by atoms with E-state index in [0.29, 0.717) is 5.89 Å². The molecule has 5 nitrogen and oxygen atoms in total. The minimum atomic E-state index is -0.107. The SMILES string of the molecule is CCCc1noc(C2CCCCN2C(=O)/C=C/c2ccccc2)n1. The van der Waals surface area contributed by atoms with Gasteiger partial charge < -0.3 is 9.42 Å². The lowest BCUT2D eigenvalue weighted by Gasteiger charge is -2.32. The second-order valence-corrected chi connectivity index (χ2v) is 6.09. The van der Waals surface area contributed by atoms with Crippen LogP contribution in [0, 0.1) is 0 Å². The number of hydrogen-bond donors (Lipinski definition) is 0. The van der Waals surface area contributed by atoms with Crippen LogP contribution in [-0.2, 0) is 11.2 Å². The zero-order valence-corrected chi connectivity index (χ0v) is 14.0. The molecule has 1 amide bonds. The molecule has 24 heavy (non-hydrogen) atoms. The number of carbonyl (C=O) groups excluding carboxylic acids is 1. The van der Waals surface area contributed by atoms with Gasteiger partial charge >= 0.3 is 0 Å².